The summed E-state index contributed by atoms with van der Waals surface area (Å²) in [6, 6.07) is 9.99. The van der Waals surface area contributed by atoms with E-state index in [1.54, 1.807) is 21.3 Å². The van der Waals surface area contributed by atoms with Crippen molar-refractivity contribution in [2.45, 2.75) is 146 Å². The molecule has 1 aliphatic heterocycles. The molecule has 1 heterocycles. The quantitative estimate of drug-likeness (QED) is 0.0628. The van der Waals surface area contributed by atoms with E-state index in [2.05, 4.69) is 6.92 Å². The van der Waals surface area contributed by atoms with E-state index < -0.39 is 0 Å². The Bertz CT molecular complexity index is 816. The van der Waals surface area contributed by atoms with Crippen LogP contribution in [0.5, 0.6) is 0 Å². The molecular weight excluding hydrogens is 604 g/mol. The molecule has 0 amide bonds. The van der Waals surface area contributed by atoms with Crippen LogP contribution in [0.4, 0.5) is 0 Å². The number of aliphatic hydroxyl groups is 1. The normalized spacial score (nSPS) is 19.2. The summed E-state index contributed by atoms with van der Waals surface area (Å²) in [5.41, 5.74) is 1.08. The van der Waals surface area contributed by atoms with Crippen LogP contribution in [0.1, 0.15) is 109 Å². The number of methoxy groups -OCH3 is 3. The van der Waals surface area contributed by atoms with Gasteiger partial charge in [-0.15, -0.1) is 0 Å². The lowest BCUT2D eigenvalue weighted by molar-refractivity contribution is -0.179. The Hall–Kier alpha value is -1.18. The first-order chi connectivity index (χ1) is 23.2. The molecule has 0 saturated carbocycles. The van der Waals surface area contributed by atoms with E-state index in [0.717, 1.165) is 31.2 Å². The van der Waals surface area contributed by atoms with Crippen molar-refractivity contribution in [3.8, 4) is 0 Å². The lowest BCUT2D eigenvalue weighted by Crippen LogP contribution is -2.37. The summed E-state index contributed by atoms with van der Waals surface area (Å²) in [5, 5.41) is 9.58. The molecular formula is C37H66O10. The highest BCUT2D eigenvalue weighted by atomic mass is 16.7. The van der Waals surface area contributed by atoms with Crippen molar-refractivity contribution in [3.05, 3.63) is 35.9 Å². The van der Waals surface area contributed by atoms with Crippen LogP contribution in [-0.4, -0.2) is 96.8 Å². The molecule has 0 spiro atoms. The molecule has 0 aliphatic carbocycles. The minimum Gasteiger partial charge on any atom is -0.396 e. The summed E-state index contributed by atoms with van der Waals surface area (Å²) in [6.07, 6.45) is 14.7. The topological polar surface area (TPSA) is 103 Å². The molecule has 0 aromatic heterocycles. The van der Waals surface area contributed by atoms with Gasteiger partial charge in [0.25, 0.3) is 0 Å². The number of unbranched alkanes of at least 4 members (excludes halogenated alkanes) is 7. The van der Waals surface area contributed by atoms with Gasteiger partial charge >= 0.3 is 0 Å². The van der Waals surface area contributed by atoms with E-state index >= 15 is 0 Å². The van der Waals surface area contributed by atoms with Crippen molar-refractivity contribution in [2.75, 3.05) is 55.1 Å². The zero-order valence-electron chi connectivity index (χ0n) is 29.8. The van der Waals surface area contributed by atoms with Gasteiger partial charge in [0.05, 0.1) is 43.2 Å². The third-order valence-electron chi connectivity index (χ3n) is 8.73. The Morgan fingerprint density at radius 1 is 0.638 bits per heavy atom. The Morgan fingerprint density at radius 2 is 1.19 bits per heavy atom. The molecule has 0 unspecified atom stereocenters. The molecule has 0 bridgehead atoms. The first-order valence-corrected chi connectivity index (χ1v) is 18.0. The number of hydrogen-bond donors (Lipinski definition) is 1. The van der Waals surface area contributed by atoms with Gasteiger partial charge in [-0.25, -0.2) is 0 Å². The summed E-state index contributed by atoms with van der Waals surface area (Å²) in [5.74, 6) is 0. The van der Waals surface area contributed by atoms with Gasteiger partial charge in [-0.2, -0.15) is 0 Å². The van der Waals surface area contributed by atoms with E-state index in [1.165, 1.54) is 44.9 Å². The fourth-order valence-corrected chi connectivity index (χ4v) is 6.18. The van der Waals surface area contributed by atoms with Crippen LogP contribution in [0.15, 0.2) is 30.3 Å². The first kappa shape index (κ1) is 42.0. The van der Waals surface area contributed by atoms with E-state index in [9.17, 15) is 5.11 Å². The number of aliphatic hydroxyl groups excluding tert-OH is 1. The van der Waals surface area contributed by atoms with E-state index in [-0.39, 0.29) is 70.4 Å². The molecule has 2 rings (SSSR count). The van der Waals surface area contributed by atoms with Crippen molar-refractivity contribution in [3.63, 3.8) is 0 Å². The maximum atomic E-state index is 9.58. The molecule has 10 nitrogen and oxygen atoms in total. The van der Waals surface area contributed by atoms with Crippen molar-refractivity contribution < 1.29 is 47.7 Å². The predicted octanol–water partition coefficient (Wildman–Crippen LogP) is 7.14. The van der Waals surface area contributed by atoms with Crippen LogP contribution in [0.2, 0.25) is 0 Å². The third-order valence-corrected chi connectivity index (χ3v) is 8.73. The molecule has 1 fully saturated rings. The van der Waals surface area contributed by atoms with Gasteiger partial charge in [-0.1, -0.05) is 88.6 Å². The summed E-state index contributed by atoms with van der Waals surface area (Å²) in [7, 11) is 4.90. The van der Waals surface area contributed by atoms with Crippen LogP contribution in [0, 0.1) is 0 Å². The Labute approximate surface area is 285 Å². The zero-order valence-corrected chi connectivity index (χ0v) is 29.8. The minimum atomic E-state index is -0.285. The number of hydrogen-bond acceptors (Lipinski definition) is 10. The predicted molar refractivity (Wildman–Crippen MR) is 182 cm³/mol. The fourth-order valence-electron chi connectivity index (χ4n) is 6.18. The van der Waals surface area contributed by atoms with Gasteiger partial charge in [0.2, 0.25) is 0 Å². The highest BCUT2D eigenvalue weighted by Gasteiger charge is 2.37. The van der Waals surface area contributed by atoms with Crippen molar-refractivity contribution in [1.82, 2.24) is 0 Å². The van der Waals surface area contributed by atoms with Gasteiger partial charge in [-0.3, -0.25) is 0 Å². The zero-order chi connectivity index (χ0) is 33.8. The van der Waals surface area contributed by atoms with E-state index in [1.807, 2.05) is 30.3 Å². The smallest absolute Gasteiger partial charge is 0.147 e. The van der Waals surface area contributed by atoms with Crippen LogP contribution >= 0.6 is 0 Å². The molecule has 274 valence electrons. The standard InChI is InChI=1S/C37H66O10/c1-5-6-7-8-9-10-11-15-19-33(43-27-39-2)36-23-24-37(47-36)35(45-29-41-4)22-21-34(44-28-40-3)32(20-16-25-38)46-30-42-26-31-17-13-12-14-18-31/h12-14,17-18,32-38H,5-11,15-16,19-30H2,1-4H3/t32-,33+,34+,35-,36-,37-/m1/s1. The van der Waals surface area contributed by atoms with E-state index in [4.69, 9.17) is 42.6 Å². The van der Waals surface area contributed by atoms with Crippen molar-refractivity contribution >= 4 is 0 Å². The van der Waals surface area contributed by atoms with Gasteiger partial charge in [0.1, 0.15) is 27.2 Å². The molecule has 1 saturated heterocycles. The molecule has 1 aliphatic rings. The highest BCUT2D eigenvalue weighted by Crippen LogP contribution is 2.31. The molecule has 1 aromatic rings. The van der Waals surface area contributed by atoms with Crippen LogP contribution in [-0.2, 0) is 49.2 Å². The Morgan fingerprint density at radius 3 is 1.81 bits per heavy atom. The second-order valence-electron chi connectivity index (χ2n) is 12.5. The molecule has 1 aromatic carbocycles. The summed E-state index contributed by atoms with van der Waals surface area (Å²) < 4.78 is 53.0. The largest absolute Gasteiger partial charge is 0.396 e. The third kappa shape index (κ3) is 19.0. The number of ether oxygens (including phenoxy) is 9. The van der Waals surface area contributed by atoms with Crippen molar-refractivity contribution in [2.24, 2.45) is 0 Å². The van der Waals surface area contributed by atoms with Gasteiger partial charge in [0.15, 0.2) is 0 Å². The molecule has 10 heteroatoms. The van der Waals surface area contributed by atoms with Gasteiger partial charge < -0.3 is 47.7 Å². The van der Waals surface area contributed by atoms with Crippen LogP contribution < -0.4 is 0 Å². The Kier molecular flexibility index (Phi) is 25.6. The van der Waals surface area contributed by atoms with Crippen molar-refractivity contribution in [1.29, 1.82) is 0 Å². The number of rotatable bonds is 32. The second kappa shape index (κ2) is 28.6. The molecule has 47 heavy (non-hydrogen) atoms. The average molecular weight is 671 g/mol. The van der Waals surface area contributed by atoms with E-state index in [0.29, 0.717) is 32.3 Å². The second-order valence-corrected chi connectivity index (χ2v) is 12.5. The van der Waals surface area contributed by atoms with Crippen LogP contribution in [0.25, 0.3) is 0 Å². The van der Waals surface area contributed by atoms with Gasteiger partial charge in [-0.05, 0) is 50.5 Å². The summed E-state index contributed by atoms with van der Waals surface area (Å²) >= 11 is 0. The Balaban J connectivity index is 1.95. The lowest BCUT2D eigenvalue weighted by Gasteiger charge is -2.31. The van der Waals surface area contributed by atoms with Crippen LogP contribution in [0.3, 0.4) is 0 Å². The molecule has 6 atom stereocenters. The lowest BCUT2D eigenvalue weighted by atomic mass is 9.98. The monoisotopic (exact) mass is 670 g/mol. The minimum absolute atomic E-state index is 0.00344. The molecule has 0 radical (unpaired) electrons. The van der Waals surface area contributed by atoms with Gasteiger partial charge in [0, 0.05) is 27.9 Å². The summed E-state index contributed by atoms with van der Waals surface area (Å²) in [6.45, 7) is 3.49. The fraction of sp³-hybridized carbons (Fsp3) is 0.838. The molecule has 1 N–H and O–H groups in total. The SMILES string of the molecule is CCCCCCCCCC[C@H](OCOC)[C@H]1CC[C@H]([C@@H](CC[C@H](OCOC)[C@@H](CCCO)OCOCc2ccccc2)OCOC)O1. The first-order valence-electron chi connectivity index (χ1n) is 18.0. The maximum absolute atomic E-state index is 9.58. The number of benzene rings is 1. The maximum Gasteiger partial charge on any atom is 0.147 e. The average Bonchev–Trinajstić information content (AvgIpc) is 3.59. The summed E-state index contributed by atoms with van der Waals surface area (Å²) in [4.78, 5) is 0. The highest BCUT2D eigenvalue weighted by molar-refractivity contribution is 5.13.